The Morgan fingerprint density at radius 2 is 1.87 bits per heavy atom. The fourth-order valence-corrected chi connectivity index (χ4v) is 5.67. The van der Waals surface area contributed by atoms with Crippen molar-refractivity contribution in [2.45, 2.75) is 31.8 Å². The summed E-state index contributed by atoms with van der Waals surface area (Å²) in [6, 6.07) is 0. The Morgan fingerprint density at radius 1 is 1.23 bits per heavy atom. The van der Waals surface area contributed by atoms with Crippen molar-refractivity contribution in [1.82, 2.24) is 10.2 Å². The third kappa shape index (κ3) is 7.06. The largest absolute Gasteiger partial charge is 0.490 e. The molecule has 15 nitrogen and oxygen atoms in total. The van der Waals surface area contributed by atoms with Crippen molar-refractivity contribution in [2.75, 3.05) is 13.7 Å². The number of phosphoric acid groups is 3. The first-order valence-corrected chi connectivity index (χ1v) is 12.6. The summed E-state index contributed by atoms with van der Waals surface area (Å²) in [5.74, 6) is -0.0965. The molecule has 0 aromatic heterocycles. The Hall–Kier alpha value is -0.920. The van der Waals surface area contributed by atoms with Gasteiger partial charge in [0.25, 0.3) is 5.91 Å². The average molecular weight is 494 g/mol. The maximum Gasteiger partial charge on any atom is 0.490 e. The van der Waals surface area contributed by atoms with Crippen molar-refractivity contribution < 1.29 is 60.7 Å². The lowest BCUT2D eigenvalue weighted by atomic mass is 10.1. The number of carbonyl (C=O) groups is 1. The van der Waals surface area contributed by atoms with Gasteiger partial charge in [0.2, 0.25) is 0 Å². The van der Waals surface area contributed by atoms with Gasteiger partial charge in [0, 0.05) is 25.3 Å². The zero-order valence-corrected chi connectivity index (χ0v) is 18.4. The number of rotatable bonds is 9. The first-order chi connectivity index (χ1) is 13.6. The van der Waals surface area contributed by atoms with E-state index in [1.54, 1.807) is 6.92 Å². The molecule has 0 spiro atoms. The second kappa shape index (κ2) is 9.29. The second-order valence-corrected chi connectivity index (χ2v) is 10.6. The minimum Gasteiger partial charge on any atom is -0.378 e. The Bertz CT molecular complexity index is 869. The van der Waals surface area contributed by atoms with Gasteiger partial charge >= 0.3 is 23.5 Å². The SMILES string of the molecule is C=C1NC(=O)C(C)=CN1[C@H]1CC(OC)[C@@H](COP(=O)(O)OP(=O)(O)OP(=O)(O)O)O1. The molecule has 2 aliphatic heterocycles. The molecule has 0 aromatic carbocycles. The van der Waals surface area contributed by atoms with Crippen molar-refractivity contribution in [3.63, 3.8) is 0 Å². The summed E-state index contributed by atoms with van der Waals surface area (Å²) >= 11 is 0. The van der Waals surface area contributed by atoms with Crippen molar-refractivity contribution in [1.29, 1.82) is 0 Å². The standard InChI is InChI=1S/C12H21N2O13P3/c1-7-5-14(8(2)13-12(7)15)11-4-9(23-3)10(25-11)6-24-29(19,20)27-30(21,22)26-28(16,17)18/h5,9-11H,2,4,6H2,1,3H3,(H,13,15)(H,19,20)(H,21,22)(H2,16,17,18)/t9?,10-,11-/m1/s1. The van der Waals surface area contributed by atoms with E-state index >= 15 is 0 Å². The molecule has 5 N–H and O–H groups in total. The van der Waals surface area contributed by atoms with E-state index in [1.165, 1.54) is 18.2 Å². The fraction of sp³-hybridized carbons (Fsp3) is 0.583. The first kappa shape index (κ1) is 25.3. The van der Waals surface area contributed by atoms with Crippen LogP contribution in [0.1, 0.15) is 13.3 Å². The molecule has 1 fully saturated rings. The third-order valence-corrected chi connectivity index (χ3v) is 7.67. The van der Waals surface area contributed by atoms with E-state index in [1.807, 2.05) is 0 Å². The van der Waals surface area contributed by atoms with Crippen LogP contribution in [0.25, 0.3) is 0 Å². The molecule has 1 saturated heterocycles. The lowest BCUT2D eigenvalue weighted by molar-refractivity contribution is -0.118. The predicted octanol–water partition coefficient (Wildman–Crippen LogP) is 0.266. The Morgan fingerprint density at radius 3 is 2.43 bits per heavy atom. The van der Waals surface area contributed by atoms with Crippen LogP contribution in [-0.2, 0) is 41.1 Å². The minimum atomic E-state index is -5.62. The van der Waals surface area contributed by atoms with E-state index in [9.17, 15) is 23.4 Å². The molecule has 1 amide bonds. The summed E-state index contributed by atoms with van der Waals surface area (Å²) in [6.45, 7) is 4.63. The number of ether oxygens (including phenoxy) is 2. The van der Waals surface area contributed by atoms with Crippen LogP contribution in [-0.4, -0.2) is 62.5 Å². The summed E-state index contributed by atoms with van der Waals surface area (Å²) in [5, 5.41) is 2.54. The predicted molar refractivity (Wildman–Crippen MR) is 96.8 cm³/mol. The molecular weight excluding hydrogens is 473 g/mol. The Labute approximate surface area is 170 Å². The van der Waals surface area contributed by atoms with Crippen LogP contribution in [0.5, 0.6) is 0 Å². The highest BCUT2D eigenvalue weighted by molar-refractivity contribution is 7.66. The average Bonchev–Trinajstić information content (AvgIpc) is 2.96. The van der Waals surface area contributed by atoms with Gasteiger partial charge in [0.1, 0.15) is 18.2 Å². The highest BCUT2D eigenvalue weighted by Crippen LogP contribution is 2.66. The van der Waals surface area contributed by atoms with E-state index in [-0.39, 0.29) is 18.1 Å². The van der Waals surface area contributed by atoms with E-state index in [2.05, 4.69) is 25.0 Å². The van der Waals surface area contributed by atoms with Gasteiger partial charge in [-0.1, -0.05) is 6.58 Å². The number of hydrogen-bond donors (Lipinski definition) is 5. The molecular formula is C12H21N2O13P3. The first-order valence-electron chi connectivity index (χ1n) is 8.06. The Kier molecular flexibility index (Phi) is 7.85. The van der Waals surface area contributed by atoms with Gasteiger partial charge < -0.3 is 39.3 Å². The molecule has 0 aromatic rings. The molecule has 0 radical (unpaired) electrons. The van der Waals surface area contributed by atoms with Gasteiger partial charge in [0.15, 0.2) is 0 Å². The number of hydrogen-bond acceptors (Lipinski definition) is 10. The van der Waals surface area contributed by atoms with Crippen molar-refractivity contribution in [3.05, 3.63) is 24.2 Å². The molecule has 172 valence electrons. The smallest absolute Gasteiger partial charge is 0.378 e. The maximum absolute atomic E-state index is 11.8. The quantitative estimate of drug-likeness (QED) is 0.272. The number of methoxy groups -OCH3 is 1. The summed E-state index contributed by atoms with van der Waals surface area (Å²) in [4.78, 5) is 48.9. The topological polar surface area (TPSA) is 211 Å². The van der Waals surface area contributed by atoms with Crippen LogP contribution in [0.4, 0.5) is 0 Å². The Balaban J connectivity index is 2.01. The van der Waals surface area contributed by atoms with Gasteiger partial charge in [0.05, 0.1) is 12.7 Å². The van der Waals surface area contributed by atoms with Crippen LogP contribution in [0.3, 0.4) is 0 Å². The van der Waals surface area contributed by atoms with Gasteiger partial charge in [-0.15, -0.1) is 0 Å². The molecule has 0 bridgehead atoms. The van der Waals surface area contributed by atoms with Gasteiger partial charge in [-0.3, -0.25) is 9.32 Å². The number of phosphoric ester groups is 1. The highest BCUT2D eigenvalue weighted by atomic mass is 31.3. The van der Waals surface area contributed by atoms with E-state index in [0.717, 1.165) is 0 Å². The van der Waals surface area contributed by atoms with E-state index < -0.39 is 48.5 Å². The molecule has 0 aliphatic carbocycles. The molecule has 0 saturated carbocycles. The zero-order chi connectivity index (χ0) is 22.9. The summed E-state index contributed by atoms with van der Waals surface area (Å²) in [6.07, 6.45) is -0.555. The van der Waals surface area contributed by atoms with Crippen LogP contribution in [0.15, 0.2) is 24.2 Å². The summed E-state index contributed by atoms with van der Waals surface area (Å²) in [5.41, 5.74) is 0.386. The second-order valence-electron chi connectivity index (χ2n) is 6.15. The van der Waals surface area contributed by atoms with Gasteiger partial charge in [-0.05, 0) is 6.92 Å². The molecule has 2 aliphatic rings. The van der Waals surface area contributed by atoms with Crippen LogP contribution in [0, 0.1) is 0 Å². The molecule has 30 heavy (non-hydrogen) atoms. The normalized spacial score (nSPS) is 29.2. The number of nitrogens with one attached hydrogen (secondary N) is 1. The summed E-state index contributed by atoms with van der Waals surface area (Å²) < 4.78 is 56.7. The number of amides is 1. The van der Waals surface area contributed by atoms with Crippen molar-refractivity contribution in [2.24, 2.45) is 0 Å². The molecule has 2 rings (SSSR count). The van der Waals surface area contributed by atoms with Crippen LogP contribution < -0.4 is 5.32 Å². The van der Waals surface area contributed by atoms with Crippen molar-refractivity contribution >= 4 is 29.4 Å². The van der Waals surface area contributed by atoms with E-state index in [4.69, 9.17) is 24.2 Å². The van der Waals surface area contributed by atoms with Gasteiger partial charge in [-0.25, -0.2) is 13.7 Å². The highest BCUT2D eigenvalue weighted by Gasteiger charge is 2.44. The van der Waals surface area contributed by atoms with Crippen LogP contribution >= 0.6 is 23.5 Å². The molecule has 2 heterocycles. The summed E-state index contributed by atoms with van der Waals surface area (Å²) in [7, 11) is -15.0. The molecule has 5 atom stereocenters. The number of nitrogens with zero attached hydrogens (tertiary/aromatic N) is 1. The van der Waals surface area contributed by atoms with Crippen LogP contribution in [0.2, 0.25) is 0 Å². The zero-order valence-electron chi connectivity index (χ0n) is 15.7. The van der Waals surface area contributed by atoms with Gasteiger partial charge in [-0.2, -0.15) is 8.62 Å². The lowest BCUT2D eigenvalue weighted by Crippen LogP contribution is -2.42. The fourth-order valence-electron chi connectivity index (χ4n) is 2.64. The number of carbonyl (C=O) groups excluding carboxylic acids is 1. The third-order valence-electron chi connectivity index (χ3n) is 3.87. The monoisotopic (exact) mass is 494 g/mol. The minimum absolute atomic E-state index is 0.235. The molecule has 18 heteroatoms. The molecule has 3 unspecified atom stereocenters. The van der Waals surface area contributed by atoms with E-state index in [0.29, 0.717) is 5.57 Å². The van der Waals surface area contributed by atoms with Crippen molar-refractivity contribution in [3.8, 4) is 0 Å². The maximum atomic E-state index is 11.8. The lowest BCUT2D eigenvalue weighted by Gasteiger charge is -2.32.